The van der Waals surface area contributed by atoms with Crippen LogP contribution >= 0.6 is 22.9 Å². The fourth-order valence-corrected chi connectivity index (χ4v) is 6.40. The lowest BCUT2D eigenvalue weighted by Gasteiger charge is -2.24. The van der Waals surface area contributed by atoms with E-state index in [0.29, 0.717) is 50.2 Å². The maximum absolute atomic E-state index is 14.0. The number of hydrogen-bond donors (Lipinski definition) is 0. The van der Waals surface area contributed by atoms with Gasteiger partial charge in [-0.3, -0.25) is 9.36 Å². The molecule has 0 radical (unpaired) electrons. The Morgan fingerprint density at radius 1 is 1.05 bits per heavy atom. The van der Waals surface area contributed by atoms with Crippen LogP contribution in [0.25, 0.3) is 6.08 Å². The van der Waals surface area contributed by atoms with Gasteiger partial charge in [0.1, 0.15) is 6.61 Å². The van der Waals surface area contributed by atoms with Gasteiger partial charge in [0, 0.05) is 16.1 Å². The first-order chi connectivity index (χ1) is 21.4. The third-order valence-corrected chi connectivity index (χ3v) is 8.43. The van der Waals surface area contributed by atoms with Gasteiger partial charge in [0.25, 0.3) is 5.56 Å². The minimum Gasteiger partial charge on any atom is -0.490 e. The quantitative estimate of drug-likeness (QED) is 0.147. The van der Waals surface area contributed by atoms with Gasteiger partial charge in [-0.2, -0.15) is 0 Å². The Kier molecular flexibility index (Phi) is 9.82. The lowest BCUT2D eigenvalue weighted by atomic mass is 9.96. The minimum atomic E-state index is -0.662. The molecule has 0 spiro atoms. The second-order valence-electron chi connectivity index (χ2n) is 10.0. The van der Waals surface area contributed by atoms with Crippen molar-refractivity contribution in [3.63, 3.8) is 0 Å². The number of carbonyl (C=O) groups excluding carboxylic acids is 1. The van der Waals surface area contributed by atoms with Gasteiger partial charge in [0.2, 0.25) is 0 Å². The van der Waals surface area contributed by atoms with Crippen molar-refractivity contribution in [2.75, 3.05) is 13.2 Å². The molecule has 4 aromatic rings. The van der Waals surface area contributed by atoms with Gasteiger partial charge in [0.15, 0.2) is 16.3 Å². The lowest BCUT2D eigenvalue weighted by Crippen LogP contribution is -2.39. The normalized spacial score (nSPS) is 14.5. The molecule has 9 heteroatoms. The highest BCUT2D eigenvalue weighted by Gasteiger charge is 2.33. The zero-order valence-corrected chi connectivity index (χ0v) is 26.4. The van der Waals surface area contributed by atoms with Crippen molar-refractivity contribution >= 4 is 35.0 Å². The van der Waals surface area contributed by atoms with Gasteiger partial charge in [-0.1, -0.05) is 77.5 Å². The van der Waals surface area contributed by atoms with E-state index in [-0.39, 0.29) is 18.8 Å². The molecule has 0 aliphatic carbocycles. The van der Waals surface area contributed by atoms with Crippen molar-refractivity contribution in [2.24, 2.45) is 4.99 Å². The zero-order chi connectivity index (χ0) is 31.2. The lowest BCUT2D eigenvalue weighted by molar-refractivity contribution is -0.139. The van der Waals surface area contributed by atoms with Crippen LogP contribution in [0.15, 0.2) is 100 Å². The summed E-state index contributed by atoms with van der Waals surface area (Å²) in [7, 11) is 0. The topological polar surface area (TPSA) is 79.1 Å². The van der Waals surface area contributed by atoms with Crippen LogP contribution in [0.1, 0.15) is 49.1 Å². The molecular formula is C35H33ClN2O5S. The Labute approximate surface area is 265 Å². The molecule has 1 aromatic heterocycles. The predicted molar refractivity (Wildman–Crippen MR) is 174 cm³/mol. The second-order valence-corrected chi connectivity index (χ2v) is 11.4. The summed E-state index contributed by atoms with van der Waals surface area (Å²) < 4.78 is 19.7. The number of ether oxygens (including phenoxy) is 3. The highest BCUT2D eigenvalue weighted by Crippen LogP contribution is 2.35. The van der Waals surface area contributed by atoms with Crippen LogP contribution in [0.2, 0.25) is 5.02 Å². The van der Waals surface area contributed by atoms with Gasteiger partial charge in [0.05, 0.1) is 35.1 Å². The number of rotatable bonds is 11. The van der Waals surface area contributed by atoms with E-state index in [2.05, 4.69) is 11.6 Å². The van der Waals surface area contributed by atoms with Crippen LogP contribution in [0.5, 0.6) is 11.5 Å². The highest BCUT2D eigenvalue weighted by atomic mass is 35.5. The fraction of sp³-hybridized carbons (Fsp3) is 0.229. The number of allylic oxidation sites excluding steroid dienone is 2. The Hall–Kier alpha value is -4.40. The fourth-order valence-electron chi connectivity index (χ4n) is 5.16. The summed E-state index contributed by atoms with van der Waals surface area (Å²) >= 11 is 7.64. The Morgan fingerprint density at radius 2 is 1.80 bits per heavy atom. The largest absolute Gasteiger partial charge is 0.490 e. The molecule has 2 heterocycles. The molecule has 5 rings (SSSR count). The third kappa shape index (κ3) is 6.42. The number of nitrogens with zero attached hydrogens (tertiary/aromatic N) is 2. The average molecular weight is 629 g/mol. The van der Waals surface area contributed by atoms with Crippen LogP contribution < -0.4 is 24.4 Å². The molecule has 0 unspecified atom stereocenters. The van der Waals surface area contributed by atoms with Crippen LogP contribution in [0, 0.1) is 0 Å². The molecular weight excluding hydrogens is 596 g/mol. The average Bonchev–Trinajstić information content (AvgIpc) is 3.31. The molecule has 0 fully saturated rings. The molecule has 0 N–H and O–H groups in total. The standard InChI is InChI=1S/C35H33ClN2O5S/c1-5-13-25-18-23(19-28(41-6-2)32(25)43-21-26-16-11-12-17-27(26)36)20-29-33(39)38-31(24-14-9-8-10-15-24)30(34(40)42-7-3)22(4)37-35(38)44-29/h5,8-12,14-20,31H,1,6-7,13,21H2,2-4H3/b29-20+/t31-/m1/s1. The summed E-state index contributed by atoms with van der Waals surface area (Å²) in [4.78, 5) is 32.3. The third-order valence-electron chi connectivity index (χ3n) is 7.08. The minimum absolute atomic E-state index is 0.217. The molecule has 0 saturated heterocycles. The maximum Gasteiger partial charge on any atom is 0.338 e. The summed E-state index contributed by atoms with van der Waals surface area (Å²) in [6.45, 7) is 10.3. The van der Waals surface area contributed by atoms with E-state index in [1.165, 1.54) is 11.3 Å². The van der Waals surface area contributed by atoms with Crippen LogP contribution in [0.3, 0.4) is 0 Å². The van der Waals surface area contributed by atoms with Crippen molar-refractivity contribution in [3.8, 4) is 11.5 Å². The number of aromatic nitrogens is 1. The maximum atomic E-state index is 14.0. The van der Waals surface area contributed by atoms with E-state index >= 15 is 0 Å². The van der Waals surface area contributed by atoms with E-state index in [9.17, 15) is 9.59 Å². The first-order valence-electron chi connectivity index (χ1n) is 14.4. The van der Waals surface area contributed by atoms with Crippen LogP contribution in [0.4, 0.5) is 0 Å². The molecule has 1 atom stereocenters. The molecule has 0 saturated carbocycles. The van der Waals surface area contributed by atoms with Gasteiger partial charge in [-0.05, 0) is 62.6 Å². The number of halogens is 1. The molecule has 226 valence electrons. The van der Waals surface area contributed by atoms with Gasteiger partial charge >= 0.3 is 5.97 Å². The monoisotopic (exact) mass is 628 g/mol. The number of hydrogen-bond acceptors (Lipinski definition) is 7. The van der Waals surface area contributed by atoms with E-state index in [4.69, 9.17) is 25.8 Å². The number of fused-ring (bicyclic) bond motifs is 1. The Balaban J connectivity index is 1.62. The molecule has 44 heavy (non-hydrogen) atoms. The van der Waals surface area contributed by atoms with Crippen molar-refractivity contribution in [1.82, 2.24) is 4.57 Å². The zero-order valence-electron chi connectivity index (χ0n) is 24.8. The molecule has 3 aromatic carbocycles. The van der Waals surface area contributed by atoms with E-state index < -0.39 is 12.0 Å². The van der Waals surface area contributed by atoms with Crippen LogP contribution in [-0.4, -0.2) is 23.8 Å². The Bertz CT molecular complexity index is 1910. The SMILES string of the molecule is C=CCc1cc(/C=c2/sc3n(c2=O)[C@H](c2ccccc2)C(C(=O)OCC)=C(C)N=3)cc(OCC)c1OCc1ccccc1Cl. The van der Waals surface area contributed by atoms with E-state index in [0.717, 1.165) is 22.3 Å². The van der Waals surface area contributed by atoms with E-state index in [1.54, 1.807) is 24.5 Å². The molecule has 1 aliphatic heterocycles. The summed E-state index contributed by atoms with van der Waals surface area (Å²) in [6, 6.07) is 20.2. The van der Waals surface area contributed by atoms with Gasteiger partial charge in [-0.25, -0.2) is 9.79 Å². The first-order valence-corrected chi connectivity index (χ1v) is 15.6. The highest BCUT2D eigenvalue weighted by molar-refractivity contribution is 7.07. The van der Waals surface area contributed by atoms with Gasteiger partial charge < -0.3 is 14.2 Å². The smallest absolute Gasteiger partial charge is 0.338 e. The molecule has 0 bridgehead atoms. The second kappa shape index (κ2) is 13.9. The van der Waals surface area contributed by atoms with Crippen LogP contribution in [-0.2, 0) is 22.6 Å². The number of benzene rings is 3. The summed E-state index contributed by atoms with van der Waals surface area (Å²) in [5.41, 5.74) is 3.90. The summed E-state index contributed by atoms with van der Waals surface area (Å²) in [5, 5.41) is 0.623. The number of thiazole rings is 1. The Morgan fingerprint density at radius 3 is 2.50 bits per heavy atom. The molecule has 1 aliphatic rings. The molecule has 7 nitrogen and oxygen atoms in total. The van der Waals surface area contributed by atoms with Crippen molar-refractivity contribution in [1.29, 1.82) is 0 Å². The molecule has 0 amide bonds. The van der Waals surface area contributed by atoms with Crippen molar-refractivity contribution in [3.05, 3.63) is 138 Å². The summed E-state index contributed by atoms with van der Waals surface area (Å²) in [6.07, 6.45) is 4.14. The number of carbonyl (C=O) groups is 1. The van der Waals surface area contributed by atoms with Crippen molar-refractivity contribution in [2.45, 2.75) is 39.8 Å². The van der Waals surface area contributed by atoms with E-state index in [1.807, 2.05) is 79.7 Å². The predicted octanol–water partition coefficient (Wildman–Crippen LogP) is 6.16. The first kappa shape index (κ1) is 31.0. The summed E-state index contributed by atoms with van der Waals surface area (Å²) in [5.74, 6) is 0.671. The van der Waals surface area contributed by atoms with Gasteiger partial charge in [-0.15, -0.1) is 6.58 Å². The number of esters is 1. The van der Waals surface area contributed by atoms with Crippen molar-refractivity contribution < 1.29 is 19.0 Å².